The first-order valence-corrected chi connectivity index (χ1v) is 13.0. The van der Waals surface area contributed by atoms with Crippen molar-refractivity contribution < 1.29 is 0 Å². The fraction of sp³-hybridized carbons (Fsp3) is 0.188. The largest absolute Gasteiger partial charge is 0.311 e. The second-order valence-electron chi connectivity index (χ2n) is 10.2. The molecule has 0 radical (unpaired) electrons. The van der Waals surface area contributed by atoms with Crippen LogP contribution in [0.3, 0.4) is 0 Å². The first-order valence-electron chi connectivity index (χ1n) is 12.2. The molecule has 0 spiro atoms. The minimum absolute atomic E-state index is 0.187. The van der Waals surface area contributed by atoms with E-state index in [9.17, 15) is 0 Å². The van der Waals surface area contributed by atoms with Gasteiger partial charge in [0, 0.05) is 32.4 Å². The van der Waals surface area contributed by atoms with Crippen LogP contribution in [0.25, 0.3) is 0 Å². The molecule has 0 atom stereocenters. The molecule has 1 aliphatic rings. The van der Waals surface area contributed by atoms with Crippen molar-refractivity contribution in [1.29, 1.82) is 0 Å². The molecule has 0 aromatic heterocycles. The Morgan fingerprint density at radius 1 is 0.611 bits per heavy atom. The van der Waals surface area contributed by atoms with Crippen molar-refractivity contribution in [3.63, 3.8) is 0 Å². The summed E-state index contributed by atoms with van der Waals surface area (Å²) >= 11 is 3.63. The van der Waals surface area contributed by atoms with Crippen molar-refractivity contribution >= 4 is 50.2 Å². The number of anilines is 3. The van der Waals surface area contributed by atoms with Gasteiger partial charge in [-0.3, -0.25) is 0 Å². The van der Waals surface area contributed by atoms with Crippen LogP contribution in [-0.4, -0.2) is 11.5 Å². The van der Waals surface area contributed by atoms with Gasteiger partial charge in [0.1, 0.15) is 5.84 Å². The number of aliphatic imine (C=N–C) groups is 2. The molecule has 0 amide bonds. The van der Waals surface area contributed by atoms with Gasteiger partial charge in [-0.25, -0.2) is 9.98 Å². The van der Waals surface area contributed by atoms with E-state index in [1.54, 1.807) is 0 Å². The third kappa shape index (κ3) is 4.31. The Labute approximate surface area is 222 Å². The first kappa shape index (κ1) is 24.2. The van der Waals surface area contributed by atoms with Gasteiger partial charge in [0.25, 0.3) is 0 Å². The monoisotopic (exact) mass is 535 g/mol. The van der Waals surface area contributed by atoms with Crippen molar-refractivity contribution in [3.05, 3.63) is 119 Å². The molecule has 0 fully saturated rings. The molecule has 0 saturated heterocycles. The summed E-state index contributed by atoms with van der Waals surface area (Å²) in [7, 11) is 0. The van der Waals surface area contributed by atoms with Crippen LogP contribution in [0.2, 0.25) is 0 Å². The molecule has 4 aromatic rings. The summed E-state index contributed by atoms with van der Waals surface area (Å²) in [6, 6.07) is 37.7. The molecule has 3 nitrogen and oxygen atoms in total. The van der Waals surface area contributed by atoms with E-state index in [0.29, 0.717) is 0 Å². The summed E-state index contributed by atoms with van der Waals surface area (Å²) in [5.74, 6) is 0.855. The van der Waals surface area contributed by atoms with Gasteiger partial charge in [-0.1, -0.05) is 88.4 Å². The Morgan fingerprint density at radius 3 is 1.67 bits per heavy atom. The number of amidine groups is 1. The van der Waals surface area contributed by atoms with E-state index in [0.717, 1.165) is 44.3 Å². The molecule has 1 heterocycles. The molecule has 4 aromatic carbocycles. The average Bonchev–Trinajstić information content (AvgIpc) is 3.06. The smallest absolute Gasteiger partial charge is 0.135 e. The number of halogens is 1. The fourth-order valence-corrected chi connectivity index (χ4v) is 4.95. The summed E-state index contributed by atoms with van der Waals surface area (Å²) in [5, 5.41) is 0. The highest BCUT2D eigenvalue weighted by molar-refractivity contribution is 9.10. The lowest BCUT2D eigenvalue weighted by molar-refractivity contribution is 0.299. The minimum atomic E-state index is -0.226. The summed E-state index contributed by atoms with van der Waals surface area (Å²) in [6.07, 6.45) is 0. The highest BCUT2D eigenvalue weighted by Gasteiger charge is 2.50. The van der Waals surface area contributed by atoms with Crippen LogP contribution in [-0.2, 0) is 0 Å². The zero-order valence-corrected chi connectivity index (χ0v) is 22.7. The van der Waals surface area contributed by atoms with Gasteiger partial charge in [-0.15, -0.1) is 0 Å². The Morgan fingerprint density at radius 2 is 1.11 bits per heavy atom. The average molecular weight is 537 g/mol. The molecule has 36 heavy (non-hydrogen) atoms. The van der Waals surface area contributed by atoms with Crippen molar-refractivity contribution in [2.75, 3.05) is 4.90 Å². The topological polar surface area (TPSA) is 28.0 Å². The normalized spacial score (nSPS) is 17.1. The molecular weight excluding hydrogens is 506 g/mol. The van der Waals surface area contributed by atoms with E-state index in [2.05, 4.69) is 121 Å². The second-order valence-corrected chi connectivity index (χ2v) is 11.0. The van der Waals surface area contributed by atoms with Gasteiger partial charge in [0.05, 0.1) is 11.4 Å². The number of benzene rings is 4. The van der Waals surface area contributed by atoms with Gasteiger partial charge < -0.3 is 4.90 Å². The van der Waals surface area contributed by atoms with Crippen molar-refractivity contribution in [2.45, 2.75) is 27.7 Å². The summed E-state index contributed by atoms with van der Waals surface area (Å²) in [6.45, 7) is 9.01. The molecule has 0 saturated carbocycles. The Hall–Kier alpha value is -3.50. The lowest BCUT2D eigenvalue weighted by Gasteiger charge is -2.35. The summed E-state index contributed by atoms with van der Waals surface area (Å²) in [5.41, 5.74) is 6.03. The quantitative estimate of drug-likeness (QED) is 0.250. The van der Waals surface area contributed by atoms with E-state index in [-0.39, 0.29) is 10.8 Å². The highest BCUT2D eigenvalue weighted by Crippen LogP contribution is 2.49. The van der Waals surface area contributed by atoms with Crippen LogP contribution in [0.1, 0.15) is 33.3 Å². The Balaban J connectivity index is 1.55. The molecular formula is C32H30BrN3. The zero-order chi connectivity index (χ0) is 25.3. The van der Waals surface area contributed by atoms with Crippen LogP contribution < -0.4 is 4.90 Å². The number of rotatable bonds is 5. The molecule has 4 heteroatoms. The second kappa shape index (κ2) is 9.51. The summed E-state index contributed by atoms with van der Waals surface area (Å²) < 4.78 is 0.973. The van der Waals surface area contributed by atoms with Gasteiger partial charge in [0.2, 0.25) is 0 Å². The molecule has 0 unspecified atom stereocenters. The van der Waals surface area contributed by atoms with Crippen molar-refractivity contribution in [3.8, 4) is 0 Å². The Kier molecular flexibility index (Phi) is 6.40. The zero-order valence-electron chi connectivity index (χ0n) is 21.1. The van der Waals surface area contributed by atoms with Gasteiger partial charge >= 0.3 is 0 Å². The van der Waals surface area contributed by atoms with Crippen LogP contribution in [0.15, 0.2) is 124 Å². The number of hydrogen-bond acceptors (Lipinski definition) is 2. The van der Waals surface area contributed by atoms with E-state index < -0.39 is 0 Å². The van der Waals surface area contributed by atoms with Crippen LogP contribution in [0, 0.1) is 10.8 Å². The van der Waals surface area contributed by atoms with Crippen molar-refractivity contribution in [2.24, 2.45) is 20.8 Å². The van der Waals surface area contributed by atoms with Gasteiger partial charge in [-0.2, -0.15) is 0 Å². The third-order valence-electron chi connectivity index (χ3n) is 7.44. The fourth-order valence-electron chi connectivity index (χ4n) is 4.58. The van der Waals surface area contributed by atoms with E-state index >= 15 is 0 Å². The number of hydrogen-bond donors (Lipinski definition) is 0. The molecule has 0 bridgehead atoms. The minimum Gasteiger partial charge on any atom is -0.311 e. The molecule has 1 aliphatic heterocycles. The van der Waals surface area contributed by atoms with E-state index in [1.807, 2.05) is 36.4 Å². The van der Waals surface area contributed by atoms with E-state index in [1.165, 1.54) is 0 Å². The van der Waals surface area contributed by atoms with Gasteiger partial charge in [0.15, 0.2) is 0 Å². The number of nitrogens with zero attached hydrogens (tertiary/aromatic N) is 3. The molecule has 180 valence electrons. The lowest BCUT2D eigenvalue weighted by atomic mass is 9.65. The van der Waals surface area contributed by atoms with Crippen LogP contribution in [0.5, 0.6) is 0 Å². The third-order valence-corrected chi connectivity index (χ3v) is 8.11. The molecule has 0 aliphatic carbocycles. The number of para-hydroxylation sites is 3. The maximum Gasteiger partial charge on any atom is 0.135 e. The van der Waals surface area contributed by atoms with Crippen LogP contribution in [0.4, 0.5) is 22.7 Å². The molecule has 0 N–H and O–H groups in total. The maximum absolute atomic E-state index is 5.12. The predicted molar refractivity (Wildman–Crippen MR) is 156 cm³/mol. The Bertz CT molecular complexity index is 1380. The highest BCUT2D eigenvalue weighted by atomic mass is 79.9. The first-order chi connectivity index (χ1) is 17.3. The SMILES string of the molecule is CC1(C)C(=Nc2ccccc2Br)N=C(c2ccc(N(c3ccccc3)c3ccccc3)cc2)C1(C)C. The predicted octanol–water partition coefficient (Wildman–Crippen LogP) is 9.50. The van der Waals surface area contributed by atoms with Crippen molar-refractivity contribution in [1.82, 2.24) is 0 Å². The van der Waals surface area contributed by atoms with Crippen LogP contribution >= 0.6 is 15.9 Å². The lowest BCUT2D eigenvalue weighted by Crippen LogP contribution is -2.38. The maximum atomic E-state index is 5.12. The summed E-state index contributed by atoms with van der Waals surface area (Å²) in [4.78, 5) is 12.4. The standard InChI is InChI=1S/C32H30BrN3/c1-31(2)29(35-30(32(31,3)4)34-28-18-12-11-17-27(28)33)23-19-21-26(22-20-23)36(24-13-7-5-8-14-24)25-15-9-6-10-16-25/h5-22H,1-4H3. The van der Waals surface area contributed by atoms with Gasteiger partial charge in [-0.05, 0) is 70.0 Å². The molecule has 5 rings (SSSR count). The van der Waals surface area contributed by atoms with E-state index in [4.69, 9.17) is 9.98 Å².